The first-order chi connectivity index (χ1) is 7.54. The third-order valence-corrected chi connectivity index (χ3v) is 2.33. The molecule has 0 amide bonds. The minimum absolute atomic E-state index is 0.0277. The molecule has 0 heterocycles. The number of amidine groups is 1. The number of rotatable bonds is 3. The molecule has 0 spiro atoms. The third kappa shape index (κ3) is 3.56. The molecule has 0 aliphatic rings. The highest BCUT2D eigenvalue weighted by molar-refractivity contribution is 6.36. The monoisotopic (exact) mass is 280 g/mol. The molecular weight excluding hydrogens is 274 g/mol. The number of carbonyl (C=O) groups excluding carboxylic acids is 1. The summed E-state index contributed by atoms with van der Waals surface area (Å²) in [4.78, 5) is 15.1. The highest BCUT2D eigenvalue weighted by Gasteiger charge is 2.07. The molecule has 0 aromatic heterocycles. The van der Waals surface area contributed by atoms with Crippen LogP contribution in [-0.4, -0.2) is 17.7 Å². The normalized spacial score (nSPS) is 11.3. The van der Waals surface area contributed by atoms with Crippen molar-refractivity contribution in [2.24, 2.45) is 10.9 Å². The van der Waals surface area contributed by atoms with Crippen LogP contribution in [0.5, 0.6) is 0 Å². The smallest absolute Gasteiger partial charge is 0.349 e. The Morgan fingerprint density at radius 1 is 1.44 bits per heavy atom. The number of hydrogen-bond donors (Lipinski definition) is 1. The second-order valence-corrected chi connectivity index (χ2v) is 3.81. The lowest BCUT2D eigenvalue weighted by molar-refractivity contribution is -0.140. The summed E-state index contributed by atoms with van der Waals surface area (Å²) in [7, 11) is 0. The van der Waals surface area contributed by atoms with Gasteiger partial charge in [-0.3, -0.25) is 0 Å². The van der Waals surface area contributed by atoms with Crippen LogP contribution in [0.25, 0.3) is 0 Å². The molecule has 86 valence electrons. The van der Waals surface area contributed by atoms with E-state index in [1.54, 1.807) is 12.1 Å². The maximum atomic E-state index is 10.7. The van der Waals surface area contributed by atoms with Crippen molar-refractivity contribution in [2.75, 3.05) is 5.88 Å². The SMILES string of the molecule is N/C(=N\OC(=O)CCl)c1ccc(Cl)cc1Cl. The van der Waals surface area contributed by atoms with Gasteiger partial charge < -0.3 is 10.6 Å². The van der Waals surface area contributed by atoms with E-state index in [2.05, 4.69) is 9.99 Å². The van der Waals surface area contributed by atoms with Crippen molar-refractivity contribution >= 4 is 46.6 Å². The minimum Gasteiger partial charge on any atom is -0.380 e. The van der Waals surface area contributed by atoms with Gasteiger partial charge >= 0.3 is 5.97 Å². The second-order valence-electron chi connectivity index (χ2n) is 2.70. The van der Waals surface area contributed by atoms with Gasteiger partial charge in [0, 0.05) is 10.6 Å². The van der Waals surface area contributed by atoms with Gasteiger partial charge in [0.25, 0.3) is 0 Å². The minimum atomic E-state index is -0.699. The summed E-state index contributed by atoms with van der Waals surface area (Å²) in [6, 6.07) is 4.66. The quantitative estimate of drug-likeness (QED) is 0.304. The lowest BCUT2D eigenvalue weighted by atomic mass is 10.2. The molecule has 0 atom stereocenters. The Hall–Kier alpha value is -0.970. The third-order valence-electron chi connectivity index (χ3n) is 1.56. The molecular formula is C9H7Cl3N2O2. The maximum Gasteiger partial charge on any atom is 0.349 e. The molecule has 2 N–H and O–H groups in total. The van der Waals surface area contributed by atoms with E-state index in [4.69, 9.17) is 40.5 Å². The van der Waals surface area contributed by atoms with Crippen molar-refractivity contribution in [2.45, 2.75) is 0 Å². The van der Waals surface area contributed by atoms with Crippen LogP contribution >= 0.6 is 34.8 Å². The molecule has 0 radical (unpaired) electrons. The van der Waals surface area contributed by atoms with E-state index >= 15 is 0 Å². The standard InChI is InChI=1S/C9H7Cl3N2O2/c10-4-8(15)16-14-9(13)6-2-1-5(11)3-7(6)12/h1-3H,4H2,(H2,13,14). The molecule has 1 aromatic rings. The second kappa shape index (κ2) is 5.94. The Balaban J connectivity index is 2.87. The molecule has 0 aliphatic carbocycles. The lowest BCUT2D eigenvalue weighted by Gasteiger charge is -2.03. The molecule has 0 fully saturated rings. The highest BCUT2D eigenvalue weighted by atomic mass is 35.5. The summed E-state index contributed by atoms with van der Waals surface area (Å²) in [5.74, 6) is -1.03. The first-order valence-electron chi connectivity index (χ1n) is 4.09. The number of benzene rings is 1. The fraction of sp³-hybridized carbons (Fsp3) is 0.111. The van der Waals surface area contributed by atoms with Gasteiger partial charge in [-0.2, -0.15) is 0 Å². The first kappa shape index (κ1) is 13.1. The van der Waals surface area contributed by atoms with Crippen molar-refractivity contribution in [3.63, 3.8) is 0 Å². The summed E-state index contributed by atoms with van der Waals surface area (Å²) >= 11 is 16.8. The maximum absolute atomic E-state index is 10.7. The first-order valence-corrected chi connectivity index (χ1v) is 5.38. The summed E-state index contributed by atoms with van der Waals surface area (Å²) in [5, 5.41) is 4.18. The molecule has 0 unspecified atom stereocenters. The van der Waals surface area contributed by atoms with E-state index in [9.17, 15) is 4.79 Å². The number of halogens is 3. The van der Waals surface area contributed by atoms with Gasteiger partial charge in [-0.1, -0.05) is 28.4 Å². The van der Waals surface area contributed by atoms with Crippen LogP contribution in [-0.2, 0) is 9.63 Å². The highest BCUT2D eigenvalue weighted by Crippen LogP contribution is 2.20. The Bertz CT molecular complexity index is 435. The van der Waals surface area contributed by atoms with E-state index in [1.165, 1.54) is 6.07 Å². The van der Waals surface area contributed by atoms with Crippen molar-refractivity contribution in [3.05, 3.63) is 33.8 Å². The van der Waals surface area contributed by atoms with Gasteiger partial charge in [0.1, 0.15) is 5.88 Å². The van der Waals surface area contributed by atoms with Crippen LogP contribution in [0.3, 0.4) is 0 Å². The van der Waals surface area contributed by atoms with Crippen molar-refractivity contribution in [3.8, 4) is 0 Å². The van der Waals surface area contributed by atoms with Gasteiger partial charge in [-0.15, -0.1) is 11.6 Å². The van der Waals surface area contributed by atoms with Crippen LogP contribution in [0, 0.1) is 0 Å². The van der Waals surface area contributed by atoms with Crippen LogP contribution in [0.15, 0.2) is 23.4 Å². The van der Waals surface area contributed by atoms with Gasteiger partial charge in [0.15, 0.2) is 5.84 Å². The Labute approximate surface area is 107 Å². The van der Waals surface area contributed by atoms with Crippen LogP contribution < -0.4 is 5.73 Å². The molecule has 7 heteroatoms. The topological polar surface area (TPSA) is 64.7 Å². The predicted molar refractivity (Wildman–Crippen MR) is 64.0 cm³/mol. The Morgan fingerprint density at radius 3 is 2.69 bits per heavy atom. The zero-order valence-electron chi connectivity index (χ0n) is 7.91. The number of alkyl halides is 1. The summed E-state index contributed by atoms with van der Waals surface area (Å²) in [6.45, 7) is 0. The molecule has 0 aliphatic heterocycles. The Morgan fingerprint density at radius 2 is 2.12 bits per heavy atom. The molecule has 0 saturated carbocycles. The predicted octanol–water partition coefficient (Wildman–Crippen LogP) is 2.40. The number of carbonyl (C=O) groups is 1. The van der Waals surface area contributed by atoms with Crippen molar-refractivity contribution in [1.29, 1.82) is 0 Å². The zero-order chi connectivity index (χ0) is 12.1. The van der Waals surface area contributed by atoms with Gasteiger partial charge in [0.05, 0.1) is 5.02 Å². The average Bonchev–Trinajstić information content (AvgIpc) is 2.25. The summed E-state index contributed by atoms with van der Waals surface area (Å²) in [6.07, 6.45) is 0. The van der Waals surface area contributed by atoms with Crippen molar-refractivity contribution < 1.29 is 9.63 Å². The number of nitrogens with two attached hydrogens (primary N) is 1. The molecule has 16 heavy (non-hydrogen) atoms. The number of hydrogen-bond acceptors (Lipinski definition) is 3. The molecule has 1 aromatic carbocycles. The summed E-state index contributed by atoms with van der Waals surface area (Å²) < 4.78 is 0. The van der Waals surface area contributed by atoms with Crippen molar-refractivity contribution in [1.82, 2.24) is 0 Å². The van der Waals surface area contributed by atoms with E-state index in [-0.39, 0.29) is 11.7 Å². The van der Waals surface area contributed by atoms with Crippen LogP contribution in [0.4, 0.5) is 0 Å². The van der Waals surface area contributed by atoms with E-state index in [1.807, 2.05) is 0 Å². The van der Waals surface area contributed by atoms with Gasteiger partial charge in [-0.25, -0.2) is 4.79 Å². The molecule has 4 nitrogen and oxygen atoms in total. The number of nitrogens with zero attached hydrogens (tertiary/aromatic N) is 1. The van der Waals surface area contributed by atoms with E-state index in [0.29, 0.717) is 15.6 Å². The fourth-order valence-corrected chi connectivity index (χ4v) is 1.42. The van der Waals surface area contributed by atoms with Gasteiger partial charge in [-0.05, 0) is 18.2 Å². The average molecular weight is 282 g/mol. The summed E-state index contributed by atoms with van der Waals surface area (Å²) in [5.41, 5.74) is 5.98. The lowest BCUT2D eigenvalue weighted by Crippen LogP contribution is -2.16. The fourth-order valence-electron chi connectivity index (χ4n) is 0.871. The Kier molecular flexibility index (Phi) is 4.86. The molecule has 1 rings (SSSR count). The van der Waals surface area contributed by atoms with E-state index in [0.717, 1.165) is 0 Å². The molecule has 0 saturated heterocycles. The molecule has 0 bridgehead atoms. The zero-order valence-corrected chi connectivity index (χ0v) is 10.2. The van der Waals surface area contributed by atoms with Crippen LogP contribution in [0.2, 0.25) is 10.0 Å². The van der Waals surface area contributed by atoms with Gasteiger partial charge in [0.2, 0.25) is 0 Å². The number of oxime groups is 1. The van der Waals surface area contributed by atoms with E-state index < -0.39 is 5.97 Å². The largest absolute Gasteiger partial charge is 0.380 e. The van der Waals surface area contributed by atoms with Crippen LogP contribution in [0.1, 0.15) is 5.56 Å².